The van der Waals surface area contributed by atoms with Crippen LogP contribution in [0.4, 0.5) is 0 Å². The number of carboxylic acid groups (broad SMARTS) is 2. The van der Waals surface area contributed by atoms with Crippen LogP contribution in [-0.4, -0.2) is 60.8 Å². The van der Waals surface area contributed by atoms with Crippen LogP contribution in [-0.2, 0) is 4.79 Å². The SMILES string of the molecule is CCCCCCCC/C=C\CCCCCCCC(=O)[O-].Cc1cccc(C(=O)[O-])c1.[Ba+2]. The Balaban J connectivity index is 0. The number of allylic oxidation sites excluding steroid dienone is 2. The third kappa shape index (κ3) is 24.0. The fourth-order valence-electron chi connectivity index (χ4n) is 3.11. The average molecular weight is 554 g/mol. The molecule has 0 N–H and O–H groups in total. The van der Waals surface area contributed by atoms with E-state index in [2.05, 4.69) is 19.1 Å². The normalized spacial score (nSPS) is 10.3. The average Bonchev–Trinajstić information content (AvgIpc) is 2.71. The van der Waals surface area contributed by atoms with Crippen LogP contribution in [0.3, 0.4) is 0 Å². The molecule has 5 heteroatoms. The van der Waals surface area contributed by atoms with Gasteiger partial charge in [0, 0.05) is 5.97 Å². The third-order valence-electron chi connectivity index (χ3n) is 4.90. The molecule has 0 aromatic heterocycles. The van der Waals surface area contributed by atoms with Crippen LogP contribution in [0.15, 0.2) is 36.4 Å². The van der Waals surface area contributed by atoms with Gasteiger partial charge in [-0.15, -0.1) is 0 Å². The zero-order valence-electron chi connectivity index (χ0n) is 19.7. The Morgan fingerprint density at radius 2 is 1.32 bits per heavy atom. The maximum atomic E-state index is 10.2. The molecule has 0 aliphatic carbocycles. The van der Waals surface area contributed by atoms with Gasteiger partial charge in [-0.3, -0.25) is 0 Å². The molecule has 0 saturated heterocycles. The number of carbonyl (C=O) groups excluding carboxylic acids is 2. The first kappa shape index (κ1) is 32.6. The van der Waals surface area contributed by atoms with E-state index in [0.717, 1.165) is 24.8 Å². The van der Waals surface area contributed by atoms with Crippen molar-refractivity contribution in [3.05, 3.63) is 47.5 Å². The Hall–Kier alpha value is -0.529. The molecule has 1 aromatic carbocycles. The molecule has 1 aromatic rings. The summed E-state index contributed by atoms with van der Waals surface area (Å²) in [7, 11) is 0. The number of carbonyl (C=O) groups is 2. The van der Waals surface area contributed by atoms with Crippen LogP contribution in [0.25, 0.3) is 0 Å². The Morgan fingerprint density at radius 3 is 1.77 bits per heavy atom. The van der Waals surface area contributed by atoms with Crippen LogP contribution < -0.4 is 10.2 Å². The summed E-state index contributed by atoms with van der Waals surface area (Å²) in [5.74, 6) is -2.04. The third-order valence-corrected chi connectivity index (χ3v) is 4.90. The standard InChI is InChI=1S/C18H34O2.C8H8O2.Ba/c1-2-3-4-5-6-7-8-9-10-11-12-13-14-15-16-17-18(19)20;1-6-3-2-4-7(5-6)8(9)10;/h9-10H,2-8,11-17H2,1H3,(H,19,20);2-5H,1H3,(H,9,10);/q;;+2/p-2/b10-9-;;. The molecule has 0 heterocycles. The second kappa shape index (κ2) is 24.1. The van der Waals surface area contributed by atoms with Gasteiger partial charge >= 0.3 is 48.9 Å². The summed E-state index contributed by atoms with van der Waals surface area (Å²) in [6, 6.07) is 6.63. The van der Waals surface area contributed by atoms with Crippen molar-refractivity contribution in [1.29, 1.82) is 0 Å². The first-order chi connectivity index (χ1) is 14.5. The Morgan fingerprint density at radius 1 is 0.806 bits per heavy atom. The largest absolute Gasteiger partial charge is 2.00 e. The molecule has 4 nitrogen and oxygen atoms in total. The molecule has 0 aliphatic rings. The van der Waals surface area contributed by atoms with Gasteiger partial charge < -0.3 is 19.8 Å². The molecule has 0 spiro atoms. The van der Waals surface area contributed by atoms with Crippen molar-refractivity contribution in [2.75, 3.05) is 0 Å². The number of aryl methyl sites for hydroxylation is 1. The summed E-state index contributed by atoms with van der Waals surface area (Å²) in [5.41, 5.74) is 1.17. The van der Waals surface area contributed by atoms with Crippen molar-refractivity contribution < 1.29 is 19.8 Å². The van der Waals surface area contributed by atoms with Gasteiger partial charge in [-0.1, -0.05) is 100 Å². The van der Waals surface area contributed by atoms with Crippen LogP contribution in [0.2, 0.25) is 0 Å². The zero-order valence-corrected chi connectivity index (χ0v) is 24.1. The number of aromatic carboxylic acids is 1. The van der Waals surface area contributed by atoms with Crippen LogP contribution in [0.5, 0.6) is 0 Å². The quantitative estimate of drug-likeness (QED) is 0.168. The predicted molar refractivity (Wildman–Crippen MR) is 126 cm³/mol. The molecule has 0 saturated carbocycles. The number of hydrogen-bond donors (Lipinski definition) is 0. The molecule has 0 fully saturated rings. The zero-order chi connectivity index (χ0) is 22.5. The summed E-state index contributed by atoms with van der Waals surface area (Å²) in [6.45, 7) is 4.10. The number of hydrogen-bond acceptors (Lipinski definition) is 4. The maximum absolute atomic E-state index is 10.2. The van der Waals surface area contributed by atoms with E-state index < -0.39 is 11.9 Å². The van der Waals surface area contributed by atoms with Gasteiger partial charge in [0.1, 0.15) is 0 Å². The Labute approximate surface area is 230 Å². The summed E-state index contributed by atoms with van der Waals surface area (Å²) >= 11 is 0. The van der Waals surface area contributed by atoms with Crippen molar-refractivity contribution in [3.63, 3.8) is 0 Å². The van der Waals surface area contributed by atoms with Gasteiger partial charge in [0.2, 0.25) is 0 Å². The second-order valence-electron chi connectivity index (χ2n) is 7.86. The molecule has 0 amide bonds. The summed E-state index contributed by atoms with van der Waals surface area (Å²) in [4.78, 5) is 20.5. The molecule has 0 atom stereocenters. The van der Waals surface area contributed by atoms with Crippen LogP contribution in [0.1, 0.15) is 113 Å². The number of rotatable bonds is 16. The molecule has 0 unspecified atom stereocenters. The van der Waals surface area contributed by atoms with E-state index >= 15 is 0 Å². The van der Waals surface area contributed by atoms with Crippen molar-refractivity contribution in [2.45, 2.75) is 104 Å². The number of benzene rings is 1. The number of unbranched alkanes of at least 4 members (excludes halogenated alkanes) is 11. The first-order valence-electron chi connectivity index (χ1n) is 11.6. The van der Waals surface area contributed by atoms with E-state index in [4.69, 9.17) is 0 Å². The van der Waals surface area contributed by atoms with Crippen molar-refractivity contribution in [2.24, 2.45) is 0 Å². The number of aliphatic carboxylic acids is 1. The molecular weight excluding hydrogens is 514 g/mol. The summed E-state index contributed by atoms with van der Waals surface area (Å²) < 4.78 is 0. The molecule has 0 aliphatic heterocycles. The molecule has 0 radical (unpaired) electrons. The molecule has 0 bridgehead atoms. The van der Waals surface area contributed by atoms with E-state index in [1.54, 1.807) is 12.1 Å². The van der Waals surface area contributed by atoms with Gasteiger partial charge in [0.25, 0.3) is 0 Å². The molecule has 170 valence electrons. The first-order valence-corrected chi connectivity index (χ1v) is 11.6. The molecule has 31 heavy (non-hydrogen) atoms. The Bertz CT molecular complexity index is 599. The van der Waals surface area contributed by atoms with Gasteiger partial charge in [0.05, 0.1) is 5.97 Å². The van der Waals surface area contributed by atoms with Gasteiger partial charge in [-0.05, 0) is 51.0 Å². The predicted octanol–water partition coefficient (Wildman–Crippen LogP) is 4.75. The minimum absolute atomic E-state index is 0. The fourth-order valence-corrected chi connectivity index (χ4v) is 3.11. The Kier molecular flexibility index (Phi) is 25.4. The van der Waals surface area contributed by atoms with Crippen molar-refractivity contribution in [3.8, 4) is 0 Å². The summed E-state index contributed by atoms with van der Waals surface area (Å²) in [6.07, 6.45) is 20.9. The molecule has 1 rings (SSSR count). The second-order valence-corrected chi connectivity index (χ2v) is 7.86. The van der Waals surface area contributed by atoms with Gasteiger partial charge in [-0.2, -0.15) is 0 Å². The van der Waals surface area contributed by atoms with E-state index in [0.29, 0.717) is 0 Å². The van der Waals surface area contributed by atoms with Crippen LogP contribution >= 0.6 is 0 Å². The minimum atomic E-state index is -1.12. The van der Waals surface area contributed by atoms with E-state index in [-0.39, 0.29) is 60.9 Å². The van der Waals surface area contributed by atoms with Gasteiger partial charge in [0.15, 0.2) is 0 Å². The smallest absolute Gasteiger partial charge is 0.550 e. The van der Waals surface area contributed by atoms with E-state index in [1.165, 1.54) is 70.3 Å². The van der Waals surface area contributed by atoms with E-state index in [1.807, 2.05) is 13.0 Å². The summed E-state index contributed by atoms with van der Waals surface area (Å²) in [5, 5.41) is 20.5. The number of carboxylic acids is 2. The van der Waals surface area contributed by atoms with Gasteiger partial charge in [-0.25, -0.2) is 0 Å². The van der Waals surface area contributed by atoms with Crippen molar-refractivity contribution >= 4 is 60.8 Å². The van der Waals surface area contributed by atoms with Crippen molar-refractivity contribution in [1.82, 2.24) is 0 Å². The van der Waals surface area contributed by atoms with Crippen LogP contribution in [0, 0.1) is 6.92 Å². The minimum Gasteiger partial charge on any atom is -0.550 e. The topological polar surface area (TPSA) is 80.3 Å². The monoisotopic (exact) mass is 554 g/mol. The van der Waals surface area contributed by atoms with E-state index in [9.17, 15) is 19.8 Å². The maximum Gasteiger partial charge on any atom is 2.00 e. The molecular formula is C26H40BaO4. The fraction of sp³-hybridized carbons (Fsp3) is 0.615.